The molecule has 1 aromatic carbocycles. The van der Waals surface area contributed by atoms with Crippen molar-refractivity contribution < 1.29 is 0 Å². The summed E-state index contributed by atoms with van der Waals surface area (Å²) in [5.41, 5.74) is 10.0. The van der Waals surface area contributed by atoms with Crippen molar-refractivity contribution >= 4 is 0 Å². The highest BCUT2D eigenvalue weighted by molar-refractivity contribution is 5.36. The molecule has 0 amide bonds. The number of benzene rings is 1. The van der Waals surface area contributed by atoms with Crippen LogP contribution in [0.3, 0.4) is 0 Å². The number of hydrogen-bond acceptors (Lipinski definition) is 2. The van der Waals surface area contributed by atoms with Crippen LogP contribution in [0, 0.1) is 0 Å². The standard InChI is InChI=1S/C14H20N2/c1-11(2)9-16-14(10-15)7-12-5-3-4-6-13(12)8-14/h3-6,16H,1,7-10,15H2,2H3. The highest BCUT2D eigenvalue weighted by atomic mass is 15.0. The van der Waals surface area contributed by atoms with Gasteiger partial charge in [-0.15, -0.1) is 0 Å². The van der Waals surface area contributed by atoms with Gasteiger partial charge in [0.1, 0.15) is 0 Å². The van der Waals surface area contributed by atoms with Gasteiger partial charge in [-0.1, -0.05) is 36.4 Å². The third-order valence-electron chi connectivity index (χ3n) is 3.33. The molecule has 86 valence electrons. The van der Waals surface area contributed by atoms with E-state index >= 15 is 0 Å². The Morgan fingerprint density at radius 2 is 1.94 bits per heavy atom. The van der Waals surface area contributed by atoms with Gasteiger partial charge < -0.3 is 11.1 Å². The molecular weight excluding hydrogens is 196 g/mol. The lowest BCUT2D eigenvalue weighted by atomic mass is 9.95. The minimum absolute atomic E-state index is 0.0443. The van der Waals surface area contributed by atoms with Crippen molar-refractivity contribution in [2.24, 2.45) is 5.73 Å². The molecule has 1 aliphatic carbocycles. The van der Waals surface area contributed by atoms with Crippen LogP contribution in [0.1, 0.15) is 18.1 Å². The zero-order valence-electron chi connectivity index (χ0n) is 9.92. The van der Waals surface area contributed by atoms with E-state index in [1.54, 1.807) is 0 Å². The average Bonchev–Trinajstić information content (AvgIpc) is 2.65. The van der Waals surface area contributed by atoms with Crippen LogP contribution in [0.15, 0.2) is 36.4 Å². The van der Waals surface area contributed by atoms with Crippen LogP contribution in [0.25, 0.3) is 0 Å². The summed E-state index contributed by atoms with van der Waals surface area (Å²) in [4.78, 5) is 0. The highest BCUT2D eigenvalue weighted by Gasteiger charge is 2.35. The van der Waals surface area contributed by atoms with E-state index in [1.807, 2.05) is 6.92 Å². The molecule has 1 aliphatic rings. The number of rotatable bonds is 4. The molecule has 16 heavy (non-hydrogen) atoms. The van der Waals surface area contributed by atoms with E-state index in [0.29, 0.717) is 6.54 Å². The van der Waals surface area contributed by atoms with Gasteiger partial charge in [0.25, 0.3) is 0 Å². The van der Waals surface area contributed by atoms with E-state index < -0.39 is 0 Å². The number of nitrogens with two attached hydrogens (primary N) is 1. The van der Waals surface area contributed by atoms with E-state index in [4.69, 9.17) is 5.73 Å². The molecule has 0 fully saturated rings. The van der Waals surface area contributed by atoms with Crippen LogP contribution in [0.5, 0.6) is 0 Å². The van der Waals surface area contributed by atoms with Crippen LogP contribution in [-0.4, -0.2) is 18.6 Å². The maximum absolute atomic E-state index is 5.94. The molecule has 2 rings (SSSR count). The third-order valence-corrected chi connectivity index (χ3v) is 3.33. The summed E-state index contributed by atoms with van der Waals surface area (Å²) in [6.45, 7) is 7.50. The predicted octanol–water partition coefficient (Wildman–Crippen LogP) is 1.65. The smallest absolute Gasteiger partial charge is 0.0388 e. The summed E-state index contributed by atoms with van der Waals surface area (Å²) in [6.07, 6.45) is 2.07. The normalized spacial score (nSPS) is 17.1. The zero-order chi connectivity index (χ0) is 11.6. The first-order valence-electron chi connectivity index (χ1n) is 5.81. The molecule has 0 saturated carbocycles. The topological polar surface area (TPSA) is 38.0 Å². The molecule has 0 aromatic heterocycles. The van der Waals surface area contributed by atoms with Crippen LogP contribution in [-0.2, 0) is 12.8 Å². The Morgan fingerprint density at radius 3 is 2.38 bits per heavy atom. The van der Waals surface area contributed by atoms with Crippen molar-refractivity contribution in [3.8, 4) is 0 Å². The monoisotopic (exact) mass is 216 g/mol. The second-order valence-electron chi connectivity index (χ2n) is 4.92. The zero-order valence-corrected chi connectivity index (χ0v) is 9.92. The van der Waals surface area contributed by atoms with Gasteiger partial charge in [-0.25, -0.2) is 0 Å². The van der Waals surface area contributed by atoms with Gasteiger partial charge in [0, 0.05) is 18.6 Å². The van der Waals surface area contributed by atoms with Gasteiger partial charge >= 0.3 is 0 Å². The van der Waals surface area contributed by atoms with Gasteiger partial charge in [-0.2, -0.15) is 0 Å². The molecule has 0 aliphatic heterocycles. The lowest BCUT2D eigenvalue weighted by molar-refractivity contribution is 0.361. The minimum Gasteiger partial charge on any atom is -0.329 e. The molecule has 0 atom stereocenters. The Hall–Kier alpha value is -1.12. The summed E-state index contributed by atoms with van der Waals surface area (Å²) in [6, 6.07) is 8.61. The van der Waals surface area contributed by atoms with Crippen molar-refractivity contribution in [1.82, 2.24) is 5.32 Å². The lowest BCUT2D eigenvalue weighted by Gasteiger charge is -2.29. The number of fused-ring (bicyclic) bond motifs is 1. The highest BCUT2D eigenvalue weighted by Crippen LogP contribution is 2.29. The fraction of sp³-hybridized carbons (Fsp3) is 0.429. The second kappa shape index (κ2) is 4.40. The third kappa shape index (κ3) is 2.18. The van der Waals surface area contributed by atoms with E-state index in [1.165, 1.54) is 11.1 Å². The van der Waals surface area contributed by atoms with Crippen LogP contribution in [0.4, 0.5) is 0 Å². The summed E-state index contributed by atoms with van der Waals surface area (Å²) in [5.74, 6) is 0. The van der Waals surface area contributed by atoms with Gasteiger partial charge in [0.05, 0.1) is 0 Å². The van der Waals surface area contributed by atoms with Crippen molar-refractivity contribution in [2.75, 3.05) is 13.1 Å². The Labute approximate surface area is 97.5 Å². The van der Waals surface area contributed by atoms with Gasteiger partial charge in [0.2, 0.25) is 0 Å². The summed E-state index contributed by atoms with van der Waals surface area (Å²) in [5, 5.41) is 3.57. The largest absolute Gasteiger partial charge is 0.329 e. The van der Waals surface area contributed by atoms with Crippen molar-refractivity contribution in [3.05, 3.63) is 47.5 Å². The molecule has 0 unspecified atom stereocenters. The van der Waals surface area contributed by atoms with Gasteiger partial charge in [0.15, 0.2) is 0 Å². The quantitative estimate of drug-likeness (QED) is 0.751. The maximum atomic E-state index is 5.94. The molecule has 2 heteroatoms. The second-order valence-corrected chi connectivity index (χ2v) is 4.92. The summed E-state index contributed by atoms with van der Waals surface area (Å²) >= 11 is 0. The minimum atomic E-state index is 0.0443. The SMILES string of the molecule is C=C(C)CNC1(CN)Cc2ccccc2C1. The van der Waals surface area contributed by atoms with Crippen LogP contribution >= 0.6 is 0 Å². The first-order chi connectivity index (χ1) is 7.65. The molecular formula is C14H20N2. The first kappa shape index (κ1) is 11.4. The Morgan fingerprint density at radius 1 is 1.38 bits per heavy atom. The molecule has 0 spiro atoms. The fourth-order valence-corrected chi connectivity index (χ4v) is 2.37. The summed E-state index contributed by atoms with van der Waals surface area (Å²) < 4.78 is 0. The predicted molar refractivity (Wildman–Crippen MR) is 68.5 cm³/mol. The molecule has 2 nitrogen and oxygen atoms in total. The Kier molecular flexibility index (Phi) is 3.13. The van der Waals surface area contributed by atoms with Gasteiger partial charge in [-0.3, -0.25) is 0 Å². The van der Waals surface area contributed by atoms with E-state index in [9.17, 15) is 0 Å². The molecule has 0 radical (unpaired) electrons. The number of hydrogen-bond donors (Lipinski definition) is 2. The van der Waals surface area contributed by atoms with Crippen LogP contribution < -0.4 is 11.1 Å². The maximum Gasteiger partial charge on any atom is 0.0388 e. The molecule has 0 saturated heterocycles. The fourth-order valence-electron chi connectivity index (χ4n) is 2.37. The molecule has 0 heterocycles. The van der Waals surface area contributed by atoms with E-state index in [2.05, 4.69) is 36.2 Å². The number of nitrogens with one attached hydrogen (secondary N) is 1. The van der Waals surface area contributed by atoms with E-state index in [0.717, 1.165) is 25.0 Å². The Bertz CT molecular complexity index is 370. The van der Waals surface area contributed by atoms with Crippen molar-refractivity contribution in [3.63, 3.8) is 0 Å². The lowest BCUT2D eigenvalue weighted by Crippen LogP contribution is -2.52. The van der Waals surface area contributed by atoms with Gasteiger partial charge in [-0.05, 0) is 30.9 Å². The van der Waals surface area contributed by atoms with Crippen LogP contribution in [0.2, 0.25) is 0 Å². The molecule has 1 aromatic rings. The molecule has 3 N–H and O–H groups in total. The summed E-state index contributed by atoms with van der Waals surface area (Å²) in [7, 11) is 0. The van der Waals surface area contributed by atoms with Crippen molar-refractivity contribution in [2.45, 2.75) is 25.3 Å². The average molecular weight is 216 g/mol. The van der Waals surface area contributed by atoms with E-state index in [-0.39, 0.29) is 5.54 Å². The molecule has 0 bridgehead atoms. The Balaban J connectivity index is 2.13. The van der Waals surface area contributed by atoms with Crippen molar-refractivity contribution in [1.29, 1.82) is 0 Å². The first-order valence-corrected chi connectivity index (χ1v) is 5.81.